The highest BCUT2D eigenvalue weighted by molar-refractivity contribution is 6.74. The molecule has 23 heavy (non-hydrogen) atoms. The quantitative estimate of drug-likeness (QED) is 0.424. The van der Waals surface area contributed by atoms with Gasteiger partial charge < -0.3 is 9.16 Å². The van der Waals surface area contributed by atoms with Crippen LogP contribution in [-0.4, -0.2) is 28.1 Å². The van der Waals surface area contributed by atoms with Gasteiger partial charge in [-0.1, -0.05) is 38.5 Å². The molecule has 0 aliphatic carbocycles. The molecule has 0 heterocycles. The van der Waals surface area contributed by atoms with Gasteiger partial charge in [0.25, 0.3) is 0 Å². The van der Waals surface area contributed by atoms with E-state index in [0.717, 1.165) is 12.8 Å². The normalized spacial score (nSPS) is 10.3. The molecule has 0 saturated heterocycles. The predicted octanol–water partition coefficient (Wildman–Crippen LogP) is 3.73. The molecule has 0 aromatic heterocycles. The van der Waals surface area contributed by atoms with Crippen LogP contribution in [0, 0.1) is 46.9 Å². The van der Waals surface area contributed by atoms with Gasteiger partial charge in [-0.3, -0.25) is 0 Å². The molecule has 0 saturated carbocycles. The number of rotatable bonds is 6. The van der Waals surface area contributed by atoms with Gasteiger partial charge in [0.05, 0.1) is 12.7 Å². The van der Waals surface area contributed by atoms with Crippen molar-refractivity contribution in [2.75, 3.05) is 19.8 Å². The van der Waals surface area contributed by atoms with E-state index in [2.05, 4.69) is 75.5 Å². The van der Waals surface area contributed by atoms with Crippen molar-refractivity contribution >= 4 is 8.32 Å². The Balaban J connectivity index is 3.81. The van der Waals surface area contributed by atoms with Gasteiger partial charge in [0.1, 0.15) is 13.2 Å². The fourth-order valence-corrected chi connectivity index (χ4v) is 2.01. The van der Waals surface area contributed by atoms with E-state index in [-0.39, 0.29) is 5.04 Å². The van der Waals surface area contributed by atoms with Gasteiger partial charge in [0.2, 0.25) is 0 Å². The van der Waals surface area contributed by atoms with Crippen LogP contribution in [0.2, 0.25) is 18.1 Å². The minimum atomic E-state index is -1.72. The molecule has 0 aromatic rings. The number of nitriles is 1. The lowest BCUT2D eigenvalue weighted by Crippen LogP contribution is -2.40. The average Bonchev–Trinajstić information content (AvgIpc) is 2.46. The Morgan fingerprint density at radius 1 is 0.870 bits per heavy atom. The molecular weight excluding hydrogens is 302 g/mol. The molecule has 124 valence electrons. The summed E-state index contributed by atoms with van der Waals surface area (Å²) in [6.45, 7) is 12.1. The van der Waals surface area contributed by atoms with Crippen LogP contribution >= 0.6 is 0 Å². The molecule has 0 bridgehead atoms. The van der Waals surface area contributed by atoms with Crippen LogP contribution in [0.1, 0.15) is 40.0 Å². The minimum Gasteiger partial charge on any atom is -0.406 e. The Hall–Kier alpha value is -1.69. The van der Waals surface area contributed by atoms with E-state index in [4.69, 9.17) is 14.4 Å². The Labute approximate surface area is 142 Å². The highest BCUT2D eigenvalue weighted by atomic mass is 28.4. The van der Waals surface area contributed by atoms with Crippen molar-refractivity contribution in [1.29, 1.82) is 5.26 Å². The first-order chi connectivity index (χ1) is 10.8. The number of hydrogen-bond acceptors (Lipinski definition) is 3. The molecule has 4 heteroatoms. The van der Waals surface area contributed by atoms with Crippen LogP contribution in [0.15, 0.2) is 0 Å². The number of hydrogen-bond donors (Lipinski definition) is 0. The summed E-state index contributed by atoms with van der Waals surface area (Å²) >= 11 is 0. The molecule has 0 amide bonds. The predicted molar refractivity (Wildman–Crippen MR) is 96.8 cm³/mol. The smallest absolute Gasteiger partial charge is 0.193 e. The number of ether oxygens (including phenoxy) is 1. The van der Waals surface area contributed by atoms with Crippen molar-refractivity contribution < 1.29 is 9.16 Å². The Kier molecular flexibility index (Phi) is 10.9. The second kappa shape index (κ2) is 11.8. The molecular formula is C19H27NO2Si. The SMILES string of the molecule is CC(C)(C)[Si](C)(C)OCC#CC#CCOCC#CCCCC#N. The van der Waals surface area contributed by atoms with Gasteiger partial charge >= 0.3 is 0 Å². The van der Waals surface area contributed by atoms with Crippen molar-refractivity contribution in [3.63, 3.8) is 0 Å². The van der Waals surface area contributed by atoms with Crippen molar-refractivity contribution in [2.45, 2.75) is 58.2 Å². The lowest BCUT2D eigenvalue weighted by atomic mass is 10.2. The van der Waals surface area contributed by atoms with Crippen LogP contribution in [0.25, 0.3) is 0 Å². The van der Waals surface area contributed by atoms with Crippen LogP contribution in [-0.2, 0) is 9.16 Å². The molecule has 0 spiro atoms. The summed E-state index contributed by atoms with van der Waals surface area (Å²) < 4.78 is 11.2. The van der Waals surface area contributed by atoms with Crippen molar-refractivity contribution in [3.05, 3.63) is 0 Å². The standard InChI is InChI=1S/C19H27NO2Si/c1-19(2,3)23(4,5)22-18-14-10-9-13-17-21-16-12-8-6-7-11-15-20/h6-7,11,16-18H2,1-5H3. The summed E-state index contributed by atoms with van der Waals surface area (Å²) in [6, 6.07) is 2.09. The molecule has 0 aromatic carbocycles. The van der Waals surface area contributed by atoms with Crippen molar-refractivity contribution in [3.8, 4) is 41.6 Å². The first kappa shape index (κ1) is 21.3. The van der Waals surface area contributed by atoms with E-state index >= 15 is 0 Å². The zero-order valence-corrected chi connectivity index (χ0v) is 16.0. The molecule has 0 aliphatic heterocycles. The second-order valence-corrected chi connectivity index (χ2v) is 11.3. The van der Waals surface area contributed by atoms with E-state index in [1.807, 2.05) is 0 Å². The van der Waals surface area contributed by atoms with Crippen molar-refractivity contribution in [2.24, 2.45) is 0 Å². The van der Waals surface area contributed by atoms with Gasteiger partial charge in [-0.25, -0.2) is 0 Å². The zero-order chi connectivity index (χ0) is 17.6. The summed E-state index contributed by atoms with van der Waals surface area (Å²) in [4.78, 5) is 0. The molecule has 0 atom stereocenters. The van der Waals surface area contributed by atoms with E-state index in [1.165, 1.54) is 0 Å². The maximum atomic E-state index is 8.36. The van der Waals surface area contributed by atoms with E-state index in [9.17, 15) is 0 Å². The van der Waals surface area contributed by atoms with E-state index in [1.54, 1.807) is 0 Å². The van der Waals surface area contributed by atoms with Gasteiger partial charge in [-0.15, -0.1) is 5.92 Å². The summed E-state index contributed by atoms with van der Waals surface area (Å²) in [5.41, 5.74) is 0. The molecule has 0 radical (unpaired) electrons. The molecule has 0 fully saturated rings. The van der Waals surface area contributed by atoms with Gasteiger partial charge in [-0.05, 0) is 36.4 Å². The molecule has 3 nitrogen and oxygen atoms in total. The molecule has 0 aliphatic rings. The first-order valence-electron chi connectivity index (χ1n) is 7.81. The van der Waals surface area contributed by atoms with E-state index < -0.39 is 8.32 Å². The third-order valence-electron chi connectivity index (χ3n) is 3.61. The maximum Gasteiger partial charge on any atom is 0.193 e. The van der Waals surface area contributed by atoms with Crippen LogP contribution in [0.4, 0.5) is 0 Å². The van der Waals surface area contributed by atoms with Crippen LogP contribution in [0.3, 0.4) is 0 Å². The van der Waals surface area contributed by atoms with E-state index in [0.29, 0.717) is 26.2 Å². The largest absolute Gasteiger partial charge is 0.406 e. The summed E-state index contributed by atoms with van der Waals surface area (Å²) in [6.07, 6.45) is 2.11. The lowest BCUT2D eigenvalue weighted by Gasteiger charge is -2.35. The first-order valence-corrected chi connectivity index (χ1v) is 10.7. The van der Waals surface area contributed by atoms with Crippen LogP contribution in [0.5, 0.6) is 0 Å². The monoisotopic (exact) mass is 329 g/mol. The Morgan fingerprint density at radius 2 is 1.48 bits per heavy atom. The maximum absolute atomic E-state index is 8.36. The third-order valence-corrected chi connectivity index (χ3v) is 8.09. The third kappa shape index (κ3) is 11.5. The summed E-state index contributed by atoms with van der Waals surface area (Å²) in [5, 5.41) is 8.56. The Morgan fingerprint density at radius 3 is 2.09 bits per heavy atom. The fraction of sp³-hybridized carbons (Fsp3) is 0.632. The van der Waals surface area contributed by atoms with Gasteiger partial charge in [-0.2, -0.15) is 5.26 Å². The minimum absolute atomic E-state index is 0.198. The summed E-state index contributed by atoms with van der Waals surface area (Å²) in [7, 11) is -1.72. The van der Waals surface area contributed by atoms with Gasteiger partial charge in [0.15, 0.2) is 8.32 Å². The van der Waals surface area contributed by atoms with Crippen LogP contribution < -0.4 is 0 Å². The molecule has 0 rings (SSSR count). The highest BCUT2D eigenvalue weighted by Crippen LogP contribution is 2.36. The second-order valence-electron chi connectivity index (χ2n) is 6.51. The number of unbranched alkanes of at least 4 members (excludes halogenated alkanes) is 2. The Bertz CT molecular complexity index is 563. The molecule has 0 unspecified atom stereocenters. The lowest BCUT2D eigenvalue weighted by molar-refractivity contribution is 0.204. The summed E-state index contributed by atoms with van der Waals surface area (Å²) in [5.74, 6) is 17.1. The fourth-order valence-electron chi connectivity index (χ4n) is 1.14. The van der Waals surface area contributed by atoms with Crippen molar-refractivity contribution in [1.82, 2.24) is 0 Å². The number of nitrogens with zero attached hydrogens (tertiary/aromatic N) is 1. The van der Waals surface area contributed by atoms with Gasteiger partial charge in [0, 0.05) is 12.8 Å². The highest BCUT2D eigenvalue weighted by Gasteiger charge is 2.36. The molecule has 0 N–H and O–H groups in total. The zero-order valence-electron chi connectivity index (χ0n) is 15.0. The average molecular weight is 330 g/mol. The topological polar surface area (TPSA) is 42.2 Å².